The molecule has 1 aromatic carbocycles. The largest absolute Gasteiger partial charge is 0.372 e. The van der Waals surface area contributed by atoms with Gasteiger partial charge in [-0.05, 0) is 31.2 Å². The van der Waals surface area contributed by atoms with Crippen LogP contribution < -0.4 is 5.32 Å². The third-order valence-corrected chi connectivity index (χ3v) is 2.01. The number of nitrogens with one attached hydrogen (secondary N) is 1. The van der Waals surface area contributed by atoms with Crippen molar-refractivity contribution in [3.63, 3.8) is 0 Å². The lowest BCUT2D eigenvalue weighted by molar-refractivity contribution is 1.04. The fraction of sp³-hybridized carbons (Fsp3) is 0.200. The Balaban J connectivity index is 2.66. The second-order valence-corrected chi connectivity index (χ2v) is 3.46. The van der Waals surface area contributed by atoms with Crippen molar-refractivity contribution in [2.75, 3.05) is 5.32 Å². The van der Waals surface area contributed by atoms with E-state index in [9.17, 15) is 0 Å². The summed E-state index contributed by atoms with van der Waals surface area (Å²) in [5.74, 6) is 2.61. The Hall–Kier alpha value is -0.940. The van der Waals surface area contributed by atoms with Crippen LogP contribution in [0.15, 0.2) is 28.7 Å². The molecule has 12 heavy (non-hydrogen) atoms. The van der Waals surface area contributed by atoms with Gasteiger partial charge in [0, 0.05) is 10.2 Å². The molecule has 0 amide bonds. The summed E-state index contributed by atoms with van der Waals surface area (Å²) in [5, 5.41) is 3.16. The van der Waals surface area contributed by atoms with E-state index in [0.29, 0.717) is 0 Å². The van der Waals surface area contributed by atoms with Crippen LogP contribution in [0.4, 0.5) is 5.69 Å². The molecule has 1 N–H and O–H groups in total. The molecule has 0 saturated heterocycles. The van der Waals surface area contributed by atoms with Crippen LogP contribution in [0.5, 0.6) is 0 Å². The average molecular weight is 224 g/mol. The molecule has 1 atom stereocenters. The summed E-state index contributed by atoms with van der Waals surface area (Å²) in [6.45, 7) is 1.95. The SMILES string of the molecule is C#CC(C)Nc1ccc(Br)cc1. The van der Waals surface area contributed by atoms with E-state index in [1.54, 1.807) is 0 Å². The Bertz CT molecular complexity index is 284. The first kappa shape index (κ1) is 9.15. The van der Waals surface area contributed by atoms with E-state index in [0.717, 1.165) is 10.2 Å². The van der Waals surface area contributed by atoms with Gasteiger partial charge in [0.1, 0.15) is 0 Å². The lowest BCUT2D eigenvalue weighted by Gasteiger charge is -2.08. The zero-order valence-corrected chi connectivity index (χ0v) is 8.43. The van der Waals surface area contributed by atoms with Crippen LogP contribution in [0.1, 0.15) is 6.92 Å². The highest BCUT2D eigenvalue weighted by Gasteiger charge is 1.95. The molecule has 0 saturated carbocycles. The van der Waals surface area contributed by atoms with E-state index in [2.05, 4.69) is 27.2 Å². The van der Waals surface area contributed by atoms with Crippen molar-refractivity contribution in [3.8, 4) is 12.3 Å². The van der Waals surface area contributed by atoms with E-state index in [1.165, 1.54) is 0 Å². The summed E-state index contributed by atoms with van der Waals surface area (Å²) in [6.07, 6.45) is 5.23. The van der Waals surface area contributed by atoms with Crippen molar-refractivity contribution in [1.29, 1.82) is 0 Å². The molecular formula is C10H10BrN. The van der Waals surface area contributed by atoms with Crippen molar-refractivity contribution in [1.82, 2.24) is 0 Å². The highest BCUT2D eigenvalue weighted by Crippen LogP contribution is 2.14. The number of anilines is 1. The van der Waals surface area contributed by atoms with E-state index in [-0.39, 0.29) is 6.04 Å². The van der Waals surface area contributed by atoms with Gasteiger partial charge < -0.3 is 5.32 Å². The van der Waals surface area contributed by atoms with Gasteiger partial charge in [-0.25, -0.2) is 0 Å². The van der Waals surface area contributed by atoms with Gasteiger partial charge in [-0.15, -0.1) is 6.42 Å². The molecule has 0 aliphatic carbocycles. The molecule has 0 spiro atoms. The summed E-state index contributed by atoms with van der Waals surface area (Å²) >= 11 is 3.36. The summed E-state index contributed by atoms with van der Waals surface area (Å²) in [7, 11) is 0. The molecule has 0 heterocycles. The maximum Gasteiger partial charge on any atom is 0.0845 e. The summed E-state index contributed by atoms with van der Waals surface area (Å²) in [4.78, 5) is 0. The Kier molecular flexibility index (Phi) is 3.19. The van der Waals surface area contributed by atoms with Gasteiger partial charge in [0.25, 0.3) is 0 Å². The van der Waals surface area contributed by atoms with E-state index in [1.807, 2.05) is 31.2 Å². The molecule has 62 valence electrons. The number of benzene rings is 1. The monoisotopic (exact) mass is 223 g/mol. The highest BCUT2D eigenvalue weighted by atomic mass is 79.9. The first-order valence-corrected chi connectivity index (χ1v) is 4.50. The van der Waals surface area contributed by atoms with Gasteiger partial charge in [-0.1, -0.05) is 21.9 Å². The molecule has 0 aliphatic heterocycles. The van der Waals surface area contributed by atoms with Crippen molar-refractivity contribution in [3.05, 3.63) is 28.7 Å². The Morgan fingerprint density at radius 3 is 2.50 bits per heavy atom. The third kappa shape index (κ3) is 2.60. The number of hydrogen-bond donors (Lipinski definition) is 1. The van der Waals surface area contributed by atoms with Crippen LogP contribution in [0.2, 0.25) is 0 Å². The first-order chi connectivity index (χ1) is 5.72. The predicted molar refractivity (Wildman–Crippen MR) is 56.1 cm³/mol. The molecule has 0 aromatic heterocycles. The second kappa shape index (κ2) is 4.18. The Morgan fingerprint density at radius 1 is 1.42 bits per heavy atom. The van der Waals surface area contributed by atoms with Crippen molar-refractivity contribution >= 4 is 21.6 Å². The Morgan fingerprint density at radius 2 is 2.00 bits per heavy atom. The van der Waals surface area contributed by atoms with Gasteiger partial charge >= 0.3 is 0 Å². The first-order valence-electron chi connectivity index (χ1n) is 3.70. The number of rotatable bonds is 2. The maximum atomic E-state index is 5.23. The summed E-state index contributed by atoms with van der Waals surface area (Å²) < 4.78 is 1.07. The molecule has 1 rings (SSSR count). The fourth-order valence-corrected chi connectivity index (χ4v) is 1.10. The smallest absolute Gasteiger partial charge is 0.0845 e. The molecule has 0 radical (unpaired) electrons. The molecular weight excluding hydrogens is 214 g/mol. The van der Waals surface area contributed by atoms with Crippen LogP contribution in [-0.2, 0) is 0 Å². The third-order valence-electron chi connectivity index (χ3n) is 1.48. The average Bonchev–Trinajstić information content (AvgIpc) is 2.09. The van der Waals surface area contributed by atoms with E-state index < -0.39 is 0 Å². The fourth-order valence-electron chi connectivity index (χ4n) is 0.838. The zero-order valence-electron chi connectivity index (χ0n) is 6.84. The van der Waals surface area contributed by atoms with Crippen LogP contribution >= 0.6 is 15.9 Å². The van der Waals surface area contributed by atoms with Gasteiger partial charge in [0.05, 0.1) is 6.04 Å². The molecule has 1 aromatic rings. The lowest BCUT2D eigenvalue weighted by atomic mass is 10.3. The molecule has 1 nitrogen and oxygen atoms in total. The second-order valence-electron chi connectivity index (χ2n) is 2.54. The highest BCUT2D eigenvalue weighted by molar-refractivity contribution is 9.10. The standard InChI is InChI=1S/C10H10BrN/c1-3-8(2)12-10-6-4-9(11)5-7-10/h1,4-8,12H,2H3. The molecule has 2 heteroatoms. The van der Waals surface area contributed by atoms with Crippen LogP contribution in [-0.4, -0.2) is 6.04 Å². The molecule has 0 aliphatic rings. The number of halogens is 1. The number of hydrogen-bond acceptors (Lipinski definition) is 1. The normalized spacial score (nSPS) is 11.8. The van der Waals surface area contributed by atoms with Crippen LogP contribution in [0, 0.1) is 12.3 Å². The minimum atomic E-state index is 0.0752. The predicted octanol–water partition coefficient (Wildman–Crippen LogP) is 2.88. The van der Waals surface area contributed by atoms with Crippen LogP contribution in [0.25, 0.3) is 0 Å². The zero-order chi connectivity index (χ0) is 8.97. The van der Waals surface area contributed by atoms with Gasteiger partial charge in [-0.3, -0.25) is 0 Å². The van der Waals surface area contributed by atoms with Crippen molar-refractivity contribution in [2.45, 2.75) is 13.0 Å². The topological polar surface area (TPSA) is 12.0 Å². The molecule has 0 bridgehead atoms. The minimum Gasteiger partial charge on any atom is -0.372 e. The lowest BCUT2D eigenvalue weighted by Crippen LogP contribution is -2.11. The number of terminal acetylenes is 1. The van der Waals surface area contributed by atoms with E-state index >= 15 is 0 Å². The maximum absolute atomic E-state index is 5.23. The Labute approximate surface area is 81.3 Å². The van der Waals surface area contributed by atoms with E-state index in [4.69, 9.17) is 6.42 Å². The minimum absolute atomic E-state index is 0.0752. The van der Waals surface area contributed by atoms with Crippen LogP contribution in [0.3, 0.4) is 0 Å². The molecule has 0 fully saturated rings. The quantitative estimate of drug-likeness (QED) is 0.761. The van der Waals surface area contributed by atoms with Crippen molar-refractivity contribution in [2.24, 2.45) is 0 Å². The van der Waals surface area contributed by atoms with Gasteiger partial charge in [-0.2, -0.15) is 0 Å². The summed E-state index contributed by atoms with van der Waals surface area (Å²) in [6, 6.07) is 8.00. The van der Waals surface area contributed by atoms with Gasteiger partial charge in [0.15, 0.2) is 0 Å². The van der Waals surface area contributed by atoms with Gasteiger partial charge in [0.2, 0.25) is 0 Å². The summed E-state index contributed by atoms with van der Waals surface area (Å²) in [5.41, 5.74) is 1.05. The van der Waals surface area contributed by atoms with Crippen molar-refractivity contribution < 1.29 is 0 Å². The molecule has 1 unspecified atom stereocenters.